The van der Waals surface area contributed by atoms with E-state index in [1.54, 1.807) is 0 Å². The second kappa shape index (κ2) is 8.08. The summed E-state index contributed by atoms with van der Waals surface area (Å²) in [4.78, 5) is 2.67. The fraction of sp³-hybridized carbons (Fsp3) is 1.00. The highest BCUT2D eigenvalue weighted by Gasteiger charge is 2.21. The van der Waals surface area contributed by atoms with Crippen LogP contribution in [0.4, 0.5) is 0 Å². The third-order valence-electron chi connectivity index (χ3n) is 3.84. The summed E-state index contributed by atoms with van der Waals surface area (Å²) in [5.41, 5.74) is 5.74. The molecule has 1 aliphatic carbocycles. The first-order chi connectivity index (χ1) is 7.77. The summed E-state index contributed by atoms with van der Waals surface area (Å²) in [7, 11) is 0. The van der Waals surface area contributed by atoms with Crippen molar-refractivity contribution in [3.8, 4) is 0 Å². The van der Waals surface area contributed by atoms with Gasteiger partial charge in [0.2, 0.25) is 0 Å². The van der Waals surface area contributed by atoms with Crippen LogP contribution in [0.5, 0.6) is 0 Å². The van der Waals surface area contributed by atoms with Crippen LogP contribution in [0.15, 0.2) is 0 Å². The van der Waals surface area contributed by atoms with Gasteiger partial charge in [0.1, 0.15) is 0 Å². The van der Waals surface area contributed by atoms with Gasteiger partial charge in [-0.15, -0.1) is 0 Å². The van der Waals surface area contributed by atoms with Crippen molar-refractivity contribution in [1.82, 2.24) is 4.90 Å². The highest BCUT2D eigenvalue weighted by Crippen LogP contribution is 2.23. The van der Waals surface area contributed by atoms with Crippen molar-refractivity contribution in [3.63, 3.8) is 0 Å². The predicted molar refractivity (Wildman–Crippen MR) is 71.6 cm³/mol. The molecular weight excluding hydrogens is 196 g/mol. The quantitative estimate of drug-likeness (QED) is 0.723. The van der Waals surface area contributed by atoms with E-state index >= 15 is 0 Å². The highest BCUT2D eigenvalue weighted by molar-refractivity contribution is 4.77. The molecule has 0 aromatic rings. The summed E-state index contributed by atoms with van der Waals surface area (Å²) < 4.78 is 0. The Morgan fingerprint density at radius 2 is 1.94 bits per heavy atom. The van der Waals surface area contributed by atoms with Crippen molar-refractivity contribution in [2.45, 2.75) is 64.8 Å². The Bertz CT molecular complexity index is 164. The zero-order chi connectivity index (χ0) is 11.8. The van der Waals surface area contributed by atoms with Crippen molar-refractivity contribution >= 4 is 0 Å². The summed E-state index contributed by atoms with van der Waals surface area (Å²) in [5.74, 6) is 0.832. The maximum atomic E-state index is 5.74. The van der Waals surface area contributed by atoms with E-state index in [0.717, 1.165) is 25.0 Å². The topological polar surface area (TPSA) is 29.3 Å². The van der Waals surface area contributed by atoms with E-state index in [4.69, 9.17) is 5.73 Å². The number of rotatable bonds is 7. The van der Waals surface area contributed by atoms with Crippen molar-refractivity contribution < 1.29 is 0 Å². The minimum atomic E-state index is 0.815. The van der Waals surface area contributed by atoms with Gasteiger partial charge >= 0.3 is 0 Å². The van der Waals surface area contributed by atoms with Gasteiger partial charge in [0.25, 0.3) is 0 Å². The Labute approximate surface area is 102 Å². The molecule has 0 amide bonds. The predicted octanol–water partition coefficient (Wildman–Crippen LogP) is 3.02. The highest BCUT2D eigenvalue weighted by atomic mass is 15.2. The molecule has 16 heavy (non-hydrogen) atoms. The van der Waals surface area contributed by atoms with Gasteiger partial charge in [-0.1, -0.05) is 39.5 Å². The lowest BCUT2D eigenvalue weighted by Crippen LogP contribution is -2.42. The van der Waals surface area contributed by atoms with Crippen molar-refractivity contribution in [1.29, 1.82) is 0 Å². The van der Waals surface area contributed by atoms with Gasteiger partial charge in [-0.25, -0.2) is 0 Å². The standard InChI is InChI=1S/C14H30N2/c1-3-7-13(2)12-16(11-10-15)14-8-5-4-6-9-14/h13-14H,3-12,15H2,1-2H3. The zero-order valence-electron chi connectivity index (χ0n) is 11.3. The van der Waals surface area contributed by atoms with Gasteiger partial charge in [-0.05, 0) is 25.2 Å². The Morgan fingerprint density at radius 1 is 1.25 bits per heavy atom. The SMILES string of the molecule is CCCC(C)CN(CCN)C1CCCCC1. The largest absolute Gasteiger partial charge is 0.329 e. The third-order valence-corrected chi connectivity index (χ3v) is 3.84. The monoisotopic (exact) mass is 226 g/mol. The summed E-state index contributed by atoms with van der Waals surface area (Å²) in [5, 5.41) is 0. The van der Waals surface area contributed by atoms with Crippen LogP contribution in [0.3, 0.4) is 0 Å². The molecule has 2 N–H and O–H groups in total. The van der Waals surface area contributed by atoms with E-state index in [-0.39, 0.29) is 0 Å². The van der Waals surface area contributed by atoms with Gasteiger partial charge in [-0.2, -0.15) is 0 Å². The fourth-order valence-corrected chi connectivity index (χ4v) is 3.02. The molecule has 0 bridgehead atoms. The van der Waals surface area contributed by atoms with Crippen LogP contribution in [-0.2, 0) is 0 Å². The molecule has 96 valence electrons. The summed E-state index contributed by atoms with van der Waals surface area (Å²) in [6.07, 6.45) is 9.76. The number of hydrogen-bond acceptors (Lipinski definition) is 2. The second-order valence-electron chi connectivity index (χ2n) is 5.47. The molecule has 2 nitrogen and oxygen atoms in total. The molecule has 1 unspecified atom stereocenters. The lowest BCUT2D eigenvalue weighted by Gasteiger charge is -2.35. The number of hydrogen-bond donors (Lipinski definition) is 1. The molecule has 0 aromatic carbocycles. The number of nitrogens with zero attached hydrogens (tertiary/aromatic N) is 1. The zero-order valence-corrected chi connectivity index (χ0v) is 11.3. The second-order valence-corrected chi connectivity index (χ2v) is 5.47. The first kappa shape index (κ1) is 14.0. The first-order valence-corrected chi connectivity index (χ1v) is 7.22. The Morgan fingerprint density at radius 3 is 2.50 bits per heavy atom. The molecule has 0 saturated heterocycles. The summed E-state index contributed by atoms with van der Waals surface area (Å²) in [6.45, 7) is 7.84. The summed E-state index contributed by atoms with van der Waals surface area (Å²) >= 11 is 0. The molecule has 0 aromatic heterocycles. The van der Waals surface area contributed by atoms with Crippen molar-refractivity contribution in [2.75, 3.05) is 19.6 Å². The molecule has 1 rings (SSSR count). The van der Waals surface area contributed by atoms with Crippen LogP contribution >= 0.6 is 0 Å². The molecular formula is C14H30N2. The average Bonchev–Trinajstić information content (AvgIpc) is 2.30. The minimum Gasteiger partial charge on any atom is -0.329 e. The van der Waals surface area contributed by atoms with Crippen LogP contribution < -0.4 is 5.73 Å². The molecule has 0 heterocycles. The maximum absolute atomic E-state index is 5.74. The first-order valence-electron chi connectivity index (χ1n) is 7.22. The lowest BCUT2D eigenvalue weighted by atomic mass is 9.93. The van der Waals surface area contributed by atoms with Crippen molar-refractivity contribution in [3.05, 3.63) is 0 Å². The number of nitrogens with two attached hydrogens (primary N) is 1. The molecule has 1 aliphatic rings. The van der Waals surface area contributed by atoms with E-state index in [2.05, 4.69) is 18.7 Å². The molecule has 2 heteroatoms. The van der Waals surface area contributed by atoms with Crippen LogP contribution in [0, 0.1) is 5.92 Å². The smallest absolute Gasteiger partial charge is 0.0108 e. The molecule has 0 aliphatic heterocycles. The third kappa shape index (κ3) is 4.84. The van der Waals surface area contributed by atoms with Gasteiger partial charge in [0, 0.05) is 25.7 Å². The van der Waals surface area contributed by atoms with E-state index in [1.807, 2.05) is 0 Å². The van der Waals surface area contributed by atoms with E-state index in [0.29, 0.717) is 0 Å². The molecule has 1 atom stereocenters. The Kier molecular flexibility index (Phi) is 7.06. The van der Waals surface area contributed by atoms with Gasteiger partial charge in [-0.3, -0.25) is 4.90 Å². The van der Waals surface area contributed by atoms with Gasteiger partial charge in [0.15, 0.2) is 0 Å². The molecule has 1 fully saturated rings. The maximum Gasteiger partial charge on any atom is 0.0108 e. The van der Waals surface area contributed by atoms with E-state index in [9.17, 15) is 0 Å². The van der Waals surface area contributed by atoms with Gasteiger partial charge in [0.05, 0.1) is 0 Å². The lowest BCUT2D eigenvalue weighted by molar-refractivity contribution is 0.138. The van der Waals surface area contributed by atoms with Gasteiger partial charge < -0.3 is 5.73 Å². The Hall–Kier alpha value is -0.0800. The van der Waals surface area contributed by atoms with Crippen LogP contribution in [0.25, 0.3) is 0 Å². The van der Waals surface area contributed by atoms with E-state index in [1.165, 1.54) is 51.5 Å². The average molecular weight is 226 g/mol. The van der Waals surface area contributed by atoms with Crippen molar-refractivity contribution in [2.24, 2.45) is 11.7 Å². The minimum absolute atomic E-state index is 0.815. The Balaban J connectivity index is 2.38. The normalized spacial score (nSPS) is 20.2. The molecule has 0 radical (unpaired) electrons. The van der Waals surface area contributed by atoms with Crippen LogP contribution in [-0.4, -0.2) is 30.6 Å². The molecule has 1 saturated carbocycles. The van der Waals surface area contributed by atoms with Crippen LogP contribution in [0.2, 0.25) is 0 Å². The van der Waals surface area contributed by atoms with E-state index < -0.39 is 0 Å². The van der Waals surface area contributed by atoms with Crippen LogP contribution in [0.1, 0.15) is 58.8 Å². The summed E-state index contributed by atoms with van der Waals surface area (Å²) in [6, 6.07) is 0.830. The molecule has 0 spiro atoms. The fourth-order valence-electron chi connectivity index (χ4n) is 3.02.